The Labute approximate surface area is 114 Å². The normalized spacial score (nSPS) is 13.3. The number of nitrogens with two attached hydrogens (primary N) is 1. The number of imide groups is 1. The zero-order valence-corrected chi connectivity index (χ0v) is 10.6. The van der Waals surface area contributed by atoms with Crippen molar-refractivity contribution in [3.05, 3.63) is 35.4 Å². The van der Waals surface area contributed by atoms with Gasteiger partial charge in [-0.25, -0.2) is 0 Å². The molecular formula is C13H13N3O4. The minimum Gasteiger partial charge on any atom is -0.370 e. The molecule has 4 amide bonds. The Hall–Kier alpha value is -2.70. The zero-order valence-electron chi connectivity index (χ0n) is 10.6. The summed E-state index contributed by atoms with van der Waals surface area (Å²) in [6, 6.07) is 6.33. The van der Waals surface area contributed by atoms with Crippen molar-refractivity contribution in [2.75, 3.05) is 0 Å². The summed E-state index contributed by atoms with van der Waals surface area (Å²) in [4.78, 5) is 46.0. The van der Waals surface area contributed by atoms with E-state index in [0.29, 0.717) is 5.01 Å². The monoisotopic (exact) mass is 275 g/mol. The zero-order chi connectivity index (χ0) is 14.7. The summed E-state index contributed by atoms with van der Waals surface area (Å²) in [7, 11) is 0. The van der Waals surface area contributed by atoms with Crippen LogP contribution in [-0.2, 0) is 9.59 Å². The first-order chi connectivity index (χ1) is 9.50. The highest BCUT2D eigenvalue weighted by Crippen LogP contribution is 2.20. The Kier molecular flexibility index (Phi) is 3.79. The summed E-state index contributed by atoms with van der Waals surface area (Å²) in [5.41, 5.74) is 7.72. The average molecular weight is 275 g/mol. The van der Waals surface area contributed by atoms with Crippen LogP contribution in [0.25, 0.3) is 0 Å². The fraction of sp³-hybridized carbons (Fsp3) is 0.231. The highest BCUT2D eigenvalue weighted by Gasteiger charge is 2.36. The molecule has 0 radical (unpaired) electrons. The van der Waals surface area contributed by atoms with Crippen molar-refractivity contribution in [3.8, 4) is 0 Å². The third-order valence-electron chi connectivity index (χ3n) is 2.86. The minimum atomic E-state index is -0.561. The van der Waals surface area contributed by atoms with Gasteiger partial charge in [0.25, 0.3) is 11.8 Å². The number of fused-ring (bicyclic) bond motifs is 1. The largest absolute Gasteiger partial charge is 0.370 e. The fourth-order valence-electron chi connectivity index (χ4n) is 1.89. The average Bonchev–Trinajstić information content (AvgIpc) is 2.64. The van der Waals surface area contributed by atoms with Crippen LogP contribution in [0, 0.1) is 0 Å². The standard InChI is InChI=1S/C13H13N3O4/c14-10(17)6-3-7-11(18)15-16-12(19)8-4-1-2-5-9(8)13(16)20/h1-2,4-5H,3,6-7H2,(H2,14,17)(H,15,18). The number of nitrogens with one attached hydrogen (secondary N) is 1. The molecule has 3 N–H and O–H groups in total. The van der Waals surface area contributed by atoms with E-state index in [0.717, 1.165) is 0 Å². The van der Waals surface area contributed by atoms with E-state index < -0.39 is 23.6 Å². The second-order valence-electron chi connectivity index (χ2n) is 4.35. The van der Waals surface area contributed by atoms with Gasteiger partial charge in [0.15, 0.2) is 0 Å². The van der Waals surface area contributed by atoms with Crippen LogP contribution in [0.1, 0.15) is 40.0 Å². The van der Waals surface area contributed by atoms with E-state index in [1.54, 1.807) is 12.1 Å². The highest BCUT2D eigenvalue weighted by atomic mass is 16.2. The molecule has 1 aromatic carbocycles. The molecule has 0 aliphatic carbocycles. The molecule has 0 bridgehead atoms. The molecule has 0 atom stereocenters. The van der Waals surface area contributed by atoms with Crippen molar-refractivity contribution < 1.29 is 19.2 Å². The first-order valence-electron chi connectivity index (χ1n) is 6.06. The summed E-state index contributed by atoms with van der Waals surface area (Å²) in [6.07, 6.45) is 0.357. The van der Waals surface area contributed by atoms with Gasteiger partial charge in [0.05, 0.1) is 11.1 Å². The van der Waals surface area contributed by atoms with Gasteiger partial charge in [-0.15, -0.1) is 0 Å². The molecule has 1 aliphatic rings. The summed E-state index contributed by atoms with van der Waals surface area (Å²) >= 11 is 0. The van der Waals surface area contributed by atoms with Crippen LogP contribution in [-0.4, -0.2) is 28.6 Å². The van der Waals surface area contributed by atoms with Crippen LogP contribution in [0.3, 0.4) is 0 Å². The molecule has 2 rings (SSSR count). The second kappa shape index (κ2) is 5.52. The van der Waals surface area contributed by atoms with Gasteiger partial charge in [-0.1, -0.05) is 12.1 Å². The van der Waals surface area contributed by atoms with Crippen LogP contribution in [0.15, 0.2) is 24.3 Å². The molecule has 1 aromatic rings. The van der Waals surface area contributed by atoms with Crippen molar-refractivity contribution in [2.24, 2.45) is 5.73 Å². The van der Waals surface area contributed by atoms with Crippen LogP contribution in [0.2, 0.25) is 0 Å². The second-order valence-corrected chi connectivity index (χ2v) is 4.35. The molecule has 0 aromatic heterocycles. The van der Waals surface area contributed by atoms with Gasteiger partial charge < -0.3 is 5.73 Å². The Bertz CT molecular complexity index is 562. The van der Waals surface area contributed by atoms with Gasteiger partial charge in [0.2, 0.25) is 11.8 Å². The van der Waals surface area contributed by atoms with E-state index in [9.17, 15) is 19.2 Å². The predicted octanol–water partition coefficient (Wildman–Crippen LogP) is -0.0306. The number of hydrogen-bond acceptors (Lipinski definition) is 4. The van der Waals surface area contributed by atoms with Crippen molar-refractivity contribution in [3.63, 3.8) is 0 Å². The maximum Gasteiger partial charge on any atom is 0.280 e. The number of amides is 4. The third kappa shape index (κ3) is 2.66. The quantitative estimate of drug-likeness (QED) is 0.735. The molecule has 1 heterocycles. The number of rotatable bonds is 5. The molecule has 0 unspecified atom stereocenters. The maximum atomic E-state index is 11.9. The minimum absolute atomic E-state index is 0.0103. The fourth-order valence-corrected chi connectivity index (χ4v) is 1.89. The highest BCUT2D eigenvalue weighted by molar-refractivity contribution is 6.21. The van der Waals surface area contributed by atoms with Gasteiger partial charge in [-0.05, 0) is 18.6 Å². The Morgan fingerprint density at radius 1 is 1.05 bits per heavy atom. The number of benzene rings is 1. The number of hydrazine groups is 1. The first-order valence-corrected chi connectivity index (χ1v) is 6.06. The predicted molar refractivity (Wildman–Crippen MR) is 68.1 cm³/mol. The molecule has 0 saturated heterocycles. The van der Waals surface area contributed by atoms with Crippen LogP contribution < -0.4 is 11.2 Å². The van der Waals surface area contributed by atoms with Gasteiger partial charge >= 0.3 is 0 Å². The van der Waals surface area contributed by atoms with E-state index in [1.165, 1.54) is 12.1 Å². The molecule has 0 fully saturated rings. The lowest BCUT2D eigenvalue weighted by atomic mass is 10.1. The van der Waals surface area contributed by atoms with E-state index in [2.05, 4.69) is 5.43 Å². The molecule has 1 aliphatic heterocycles. The molecule has 7 nitrogen and oxygen atoms in total. The van der Waals surface area contributed by atoms with Crippen LogP contribution in [0.5, 0.6) is 0 Å². The summed E-state index contributed by atoms with van der Waals surface area (Å²) < 4.78 is 0. The molecule has 7 heteroatoms. The van der Waals surface area contributed by atoms with E-state index in [4.69, 9.17) is 5.73 Å². The van der Waals surface area contributed by atoms with Crippen LogP contribution >= 0.6 is 0 Å². The summed E-state index contributed by atoms with van der Waals surface area (Å²) in [6.45, 7) is 0. The SMILES string of the molecule is NC(=O)CCCC(=O)NN1C(=O)c2ccccc2C1=O. The summed E-state index contributed by atoms with van der Waals surface area (Å²) in [5, 5.41) is 0.692. The first kappa shape index (κ1) is 13.7. The Morgan fingerprint density at radius 3 is 2.10 bits per heavy atom. The third-order valence-corrected chi connectivity index (χ3v) is 2.86. The molecular weight excluding hydrogens is 262 g/mol. The van der Waals surface area contributed by atoms with E-state index in [-0.39, 0.29) is 30.4 Å². The van der Waals surface area contributed by atoms with Gasteiger partial charge in [0, 0.05) is 12.8 Å². The lowest BCUT2D eigenvalue weighted by Crippen LogP contribution is -2.45. The van der Waals surface area contributed by atoms with Crippen molar-refractivity contribution >= 4 is 23.6 Å². The van der Waals surface area contributed by atoms with Crippen molar-refractivity contribution in [1.29, 1.82) is 0 Å². The Balaban J connectivity index is 1.98. The van der Waals surface area contributed by atoms with Crippen molar-refractivity contribution in [1.82, 2.24) is 10.4 Å². The van der Waals surface area contributed by atoms with Gasteiger partial charge in [-0.2, -0.15) is 5.01 Å². The van der Waals surface area contributed by atoms with E-state index in [1.807, 2.05) is 0 Å². The van der Waals surface area contributed by atoms with Crippen LogP contribution in [0.4, 0.5) is 0 Å². The number of carbonyl (C=O) groups is 4. The maximum absolute atomic E-state index is 11.9. The lowest BCUT2D eigenvalue weighted by molar-refractivity contribution is -0.124. The number of hydrogen-bond donors (Lipinski definition) is 2. The topological polar surface area (TPSA) is 110 Å². The molecule has 0 spiro atoms. The number of nitrogens with zero attached hydrogens (tertiary/aromatic N) is 1. The Morgan fingerprint density at radius 2 is 1.60 bits per heavy atom. The van der Waals surface area contributed by atoms with E-state index >= 15 is 0 Å². The van der Waals surface area contributed by atoms with Gasteiger partial charge in [0.1, 0.15) is 0 Å². The smallest absolute Gasteiger partial charge is 0.280 e. The lowest BCUT2D eigenvalue weighted by Gasteiger charge is -2.14. The number of primary amides is 1. The molecule has 0 saturated carbocycles. The molecule has 104 valence electrons. The van der Waals surface area contributed by atoms with Gasteiger partial charge in [-0.3, -0.25) is 24.6 Å². The van der Waals surface area contributed by atoms with Crippen molar-refractivity contribution in [2.45, 2.75) is 19.3 Å². The molecule has 20 heavy (non-hydrogen) atoms. The number of carbonyl (C=O) groups excluding carboxylic acids is 4. The summed E-state index contributed by atoms with van der Waals surface area (Å²) in [5.74, 6) is -2.14.